The van der Waals surface area contributed by atoms with Crippen molar-refractivity contribution in [2.45, 2.75) is 56.2 Å². The maximum absolute atomic E-state index is 13.7. The minimum absolute atomic E-state index is 0.250. The number of hydrogen-bond acceptors (Lipinski definition) is 5. The first-order valence-electron chi connectivity index (χ1n) is 12.6. The molecule has 1 atom stereocenters. The number of ether oxygens (including phenoxy) is 1. The third-order valence-electron chi connectivity index (χ3n) is 7.78. The Kier molecular flexibility index (Phi) is 6.88. The highest BCUT2D eigenvalue weighted by Crippen LogP contribution is 2.47. The van der Waals surface area contributed by atoms with Crippen molar-refractivity contribution in [1.29, 1.82) is 0 Å². The SMILES string of the molecule is Cc1ccc(OCC(=O)NC23CCC(NC(=O)c4ccc(-c5ccc(F)cc5)cn4)(CC2)CC3O)cc1F. The van der Waals surface area contributed by atoms with Crippen LogP contribution in [0.15, 0.2) is 60.8 Å². The number of halogens is 2. The Bertz CT molecular complexity index is 1340. The van der Waals surface area contributed by atoms with Gasteiger partial charge in [0.2, 0.25) is 0 Å². The number of carbonyl (C=O) groups is 2. The second-order valence-corrected chi connectivity index (χ2v) is 10.3. The lowest BCUT2D eigenvalue weighted by Crippen LogP contribution is -2.70. The second-order valence-electron chi connectivity index (χ2n) is 10.3. The number of benzene rings is 2. The summed E-state index contributed by atoms with van der Waals surface area (Å²) in [5.41, 5.74) is 0.919. The molecule has 0 radical (unpaired) electrons. The lowest BCUT2D eigenvalue weighted by atomic mass is 9.60. The monoisotopic (exact) mass is 521 g/mol. The largest absolute Gasteiger partial charge is 0.484 e. The van der Waals surface area contributed by atoms with Crippen LogP contribution in [0.5, 0.6) is 5.75 Å². The quantitative estimate of drug-likeness (QED) is 0.435. The van der Waals surface area contributed by atoms with Crippen molar-refractivity contribution in [3.05, 3.63) is 83.7 Å². The van der Waals surface area contributed by atoms with Gasteiger partial charge in [0.25, 0.3) is 11.8 Å². The van der Waals surface area contributed by atoms with Crippen LogP contribution in [0.4, 0.5) is 8.78 Å². The molecule has 3 N–H and O–H groups in total. The normalized spacial score (nSPS) is 24.1. The minimum atomic E-state index is -0.847. The standard InChI is InChI=1S/C29H29F2N3O4/c1-18-2-8-22(14-23(18)31)38-17-26(36)33-29-12-10-28(11-13-29,15-25(29)35)34-27(37)24-9-5-20(16-32-24)19-3-6-21(30)7-4-19/h2-9,14,16,25,35H,10-13,15,17H2,1H3,(H,33,36)(H,34,37). The Hall–Kier alpha value is -3.85. The molecule has 1 unspecified atom stereocenters. The van der Waals surface area contributed by atoms with Gasteiger partial charge >= 0.3 is 0 Å². The van der Waals surface area contributed by atoms with Gasteiger partial charge in [-0.05, 0) is 74.4 Å². The first-order chi connectivity index (χ1) is 18.2. The van der Waals surface area contributed by atoms with Crippen LogP contribution in [-0.4, -0.2) is 45.7 Å². The van der Waals surface area contributed by atoms with Crippen molar-refractivity contribution in [2.75, 3.05) is 6.61 Å². The smallest absolute Gasteiger partial charge is 0.270 e. The number of aliphatic hydroxyl groups excluding tert-OH is 1. The molecule has 7 nitrogen and oxygen atoms in total. The van der Waals surface area contributed by atoms with Crippen LogP contribution < -0.4 is 15.4 Å². The van der Waals surface area contributed by atoms with Crippen LogP contribution in [0, 0.1) is 18.6 Å². The van der Waals surface area contributed by atoms with Gasteiger partial charge in [-0.15, -0.1) is 0 Å². The van der Waals surface area contributed by atoms with Gasteiger partial charge in [0.15, 0.2) is 6.61 Å². The maximum atomic E-state index is 13.7. The molecule has 3 aromatic rings. The molecule has 0 spiro atoms. The van der Waals surface area contributed by atoms with E-state index in [1.165, 1.54) is 18.2 Å². The number of nitrogens with zero attached hydrogens (tertiary/aromatic N) is 1. The number of hydrogen-bond donors (Lipinski definition) is 3. The number of fused-ring (bicyclic) bond motifs is 3. The van der Waals surface area contributed by atoms with E-state index in [2.05, 4.69) is 15.6 Å². The average Bonchev–Trinajstić information content (AvgIpc) is 2.91. The summed E-state index contributed by atoms with van der Waals surface area (Å²) in [6.07, 6.45) is 3.20. The van der Waals surface area contributed by atoms with Crippen LogP contribution in [0.25, 0.3) is 11.1 Å². The Labute approximate surface area is 219 Å². The van der Waals surface area contributed by atoms with Gasteiger partial charge in [-0.2, -0.15) is 0 Å². The third-order valence-corrected chi connectivity index (χ3v) is 7.78. The Morgan fingerprint density at radius 3 is 2.34 bits per heavy atom. The number of aliphatic hydroxyl groups is 1. The van der Waals surface area contributed by atoms with Crippen LogP contribution in [-0.2, 0) is 4.79 Å². The molecule has 2 aromatic carbocycles. The molecule has 3 fully saturated rings. The van der Waals surface area contributed by atoms with E-state index in [9.17, 15) is 23.5 Å². The van der Waals surface area contributed by atoms with E-state index in [0.717, 1.165) is 11.1 Å². The van der Waals surface area contributed by atoms with E-state index in [1.54, 1.807) is 49.5 Å². The molecule has 6 rings (SSSR count). The van der Waals surface area contributed by atoms with E-state index in [1.807, 2.05) is 0 Å². The molecule has 1 heterocycles. The molecule has 3 saturated carbocycles. The average molecular weight is 522 g/mol. The molecule has 0 saturated heterocycles. The van der Waals surface area contributed by atoms with E-state index in [-0.39, 0.29) is 29.8 Å². The Morgan fingerprint density at radius 2 is 1.71 bits per heavy atom. The van der Waals surface area contributed by atoms with Crippen molar-refractivity contribution in [1.82, 2.24) is 15.6 Å². The van der Waals surface area contributed by atoms with Crippen molar-refractivity contribution in [3.63, 3.8) is 0 Å². The van der Waals surface area contributed by atoms with E-state index >= 15 is 0 Å². The predicted molar refractivity (Wildman–Crippen MR) is 136 cm³/mol. The summed E-state index contributed by atoms with van der Waals surface area (Å²) < 4.78 is 32.3. The van der Waals surface area contributed by atoms with Gasteiger partial charge in [-0.1, -0.05) is 24.3 Å². The summed E-state index contributed by atoms with van der Waals surface area (Å²) in [7, 11) is 0. The fourth-order valence-electron chi connectivity index (χ4n) is 5.43. The predicted octanol–water partition coefficient (Wildman–Crippen LogP) is 4.08. The van der Waals surface area contributed by atoms with Crippen molar-refractivity contribution >= 4 is 11.8 Å². The van der Waals surface area contributed by atoms with E-state index in [0.29, 0.717) is 37.7 Å². The summed E-state index contributed by atoms with van der Waals surface area (Å²) in [4.78, 5) is 29.9. The molecule has 3 aliphatic carbocycles. The first-order valence-corrected chi connectivity index (χ1v) is 12.6. The molecule has 1 aromatic heterocycles. The van der Waals surface area contributed by atoms with Gasteiger partial charge in [0, 0.05) is 23.4 Å². The van der Waals surface area contributed by atoms with Gasteiger partial charge in [0.1, 0.15) is 23.1 Å². The number of amides is 2. The molecule has 198 valence electrons. The summed E-state index contributed by atoms with van der Waals surface area (Å²) in [6, 6.07) is 13.8. The molecule has 2 bridgehead atoms. The number of carbonyl (C=O) groups excluding carboxylic acids is 2. The Balaban J connectivity index is 1.17. The number of pyridine rings is 1. The lowest BCUT2D eigenvalue weighted by Gasteiger charge is -2.56. The first kappa shape index (κ1) is 25.8. The van der Waals surface area contributed by atoms with E-state index < -0.39 is 28.9 Å². The highest BCUT2D eigenvalue weighted by atomic mass is 19.1. The molecule has 2 amide bonds. The molecular weight excluding hydrogens is 492 g/mol. The van der Waals surface area contributed by atoms with Crippen LogP contribution >= 0.6 is 0 Å². The molecule has 38 heavy (non-hydrogen) atoms. The van der Waals surface area contributed by atoms with E-state index in [4.69, 9.17) is 4.74 Å². The topological polar surface area (TPSA) is 101 Å². The third kappa shape index (κ3) is 5.24. The summed E-state index contributed by atoms with van der Waals surface area (Å²) in [6.45, 7) is 1.35. The summed E-state index contributed by atoms with van der Waals surface area (Å²) in [5, 5.41) is 17.0. The van der Waals surface area contributed by atoms with Gasteiger partial charge in [0.05, 0.1) is 11.6 Å². The van der Waals surface area contributed by atoms with Gasteiger partial charge in [-0.25, -0.2) is 8.78 Å². The molecule has 9 heteroatoms. The molecule has 3 aliphatic rings. The molecular formula is C29H29F2N3O4. The van der Waals surface area contributed by atoms with Crippen molar-refractivity contribution < 1.29 is 28.2 Å². The number of nitrogens with one attached hydrogen (secondary N) is 2. The zero-order chi connectivity index (χ0) is 26.9. The second kappa shape index (κ2) is 10.1. The fraction of sp³-hybridized carbons (Fsp3) is 0.345. The highest BCUT2D eigenvalue weighted by Gasteiger charge is 2.55. The van der Waals surface area contributed by atoms with Crippen LogP contribution in [0.2, 0.25) is 0 Å². The van der Waals surface area contributed by atoms with Crippen molar-refractivity contribution in [3.8, 4) is 16.9 Å². The number of aromatic nitrogens is 1. The summed E-state index contributed by atoms with van der Waals surface area (Å²) >= 11 is 0. The number of aryl methyl sites for hydroxylation is 1. The zero-order valence-corrected chi connectivity index (χ0v) is 21.0. The van der Waals surface area contributed by atoms with Crippen LogP contribution in [0.1, 0.15) is 48.2 Å². The van der Waals surface area contributed by atoms with Gasteiger partial charge < -0.3 is 20.5 Å². The maximum Gasteiger partial charge on any atom is 0.270 e. The fourth-order valence-corrected chi connectivity index (χ4v) is 5.43. The minimum Gasteiger partial charge on any atom is -0.484 e. The van der Waals surface area contributed by atoms with Crippen LogP contribution in [0.3, 0.4) is 0 Å². The number of rotatable bonds is 7. The Morgan fingerprint density at radius 1 is 1.00 bits per heavy atom. The summed E-state index contributed by atoms with van der Waals surface area (Å²) in [5.74, 6) is -1.20. The molecule has 0 aliphatic heterocycles. The van der Waals surface area contributed by atoms with Crippen molar-refractivity contribution in [2.24, 2.45) is 0 Å². The highest BCUT2D eigenvalue weighted by molar-refractivity contribution is 5.93. The van der Waals surface area contributed by atoms with Gasteiger partial charge in [-0.3, -0.25) is 14.6 Å². The zero-order valence-electron chi connectivity index (χ0n) is 21.0. The lowest BCUT2D eigenvalue weighted by molar-refractivity contribution is -0.132.